The molecule has 0 amide bonds. The lowest BCUT2D eigenvalue weighted by Gasteiger charge is -2.11. The van der Waals surface area contributed by atoms with Gasteiger partial charge in [-0.15, -0.1) is 0 Å². The predicted octanol–water partition coefficient (Wildman–Crippen LogP) is 2.06. The van der Waals surface area contributed by atoms with Crippen LogP contribution < -0.4 is 9.47 Å². The van der Waals surface area contributed by atoms with Crippen LogP contribution in [-0.2, 0) is 11.3 Å². The second kappa shape index (κ2) is 6.47. The summed E-state index contributed by atoms with van der Waals surface area (Å²) in [5.41, 5.74) is 1.49. The fraction of sp³-hybridized carbons (Fsp3) is 0.111. The molecule has 1 aromatic heterocycles. The van der Waals surface area contributed by atoms with Crippen molar-refractivity contribution in [1.82, 2.24) is 14.8 Å². The first-order valence-corrected chi connectivity index (χ1v) is 7.49. The van der Waals surface area contributed by atoms with Gasteiger partial charge in [0.15, 0.2) is 17.3 Å². The first-order valence-electron chi connectivity index (χ1n) is 7.49. The quantitative estimate of drug-likeness (QED) is 0.789. The number of Topliss-reactive ketones (excluding diaryl/α,β-unsaturated/α-hetero) is 1. The van der Waals surface area contributed by atoms with E-state index in [4.69, 9.17) is 9.47 Å². The van der Waals surface area contributed by atoms with E-state index in [2.05, 4.69) is 10.1 Å². The van der Waals surface area contributed by atoms with Gasteiger partial charge in [-0.2, -0.15) is 5.10 Å². The monoisotopic (exact) mass is 320 g/mol. The van der Waals surface area contributed by atoms with Crippen molar-refractivity contribution in [2.75, 3.05) is 6.79 Å². The summed E-state index contributed by atoms with van der Waals surface area (Å²) in [6.45, 7) is 0.569. The van der Waals surface area contributed by atoms with Crippen molar-refractivity contribution in [2.24, 2.45) is 0 Å². The number of ketones is 1. The van der Waals surface area contributed by atoms with Gasteiger partial charge in [0, 0.05) is 5.57 Å². The normalized spacial score (nSPS) is 17.4. The molecule has 0 unspecified atom stereocenters. The van der Waals surface area contributed by atoms with Crippen LogP contribution in [0.25, 0.3) is 6.08 Å². The van der Waals surface area contributed by atoms with E-state index >= 15 is 0 Å². The number of aromatic nitrogens is 3. The third-order valence-electron chi connectivity index (χ3n) is 3.75. The SMILES string of the molecule is O=C([C]1[CH][CH][CH][CH]1)/C(=C/c1ccc2c(c1)OCO2)Cn1cncn1. The Hall–Kier alpha value is -2.63. The molecule has 24 heavy (non-hydrogen) atoms. The average Bonchev–Trinajstić information content (AvgIpc) is 3.34. The number of fused-ring (bicyclic) bond motifs is 1. The van der Waals surface area contributed by atoms with Crippen molar-refractivity contribution in [3.63, 3.8) is 0 Å². The number of nitrogens with zero attached hydrogens (tertiary/aromatic N) is 3. The molecule has 0 saturated heterocycles. The van der Waals surface area contributed by atoms with Crippen molar-refractivity contribution >= 4 is 11.9 Å². The van der Waals surface area contributed by atoms with Crippen molar-refractivity contribution in [1.29, 1.82) is 0 Å². The molecular weight excluding hydrogens is 306 g/mol. The first-order chi connectivity index (χ1) is 11.8. The number of ether oxygens (including phenoxy) is 2. The summed E-state index contributed by atoms with van der Waals surface area (Å²) in [6, 6.07) is 5.60. The second-order valence-corrected chi connectivity index (χ2v) is 5.38. The maximum absolute atomic E-state index is 12.8. The third kappa shape index (κ3) is 3.04. The molecule has 4 rings (SSSR count). The van der Waals surface area contributed by atoms with Crippen molar-refractivity contribution in [3.8, 4) is 11.5 Å². The average molecular weight is 320 g/mol. The number of allylic oxidation sites excluding steroid dienone is 1. The summed E-state index contributed by atoms with van der Waals surface area (Å²) in [7, 11) is 0. The van der Waals surface area contributed by atoms with Gasteiger partial charge < -0.3 is 9.47 Å². The standard InChI is InChI=1S/C18H14N3O3/c22-18(14-3-1-2-4-14)15(9-21-11-19-10-20-21)7-13-5-6-16-17(8-13)24-12-23-16/h1-8,10-11H,9,12H2/b15-7+. The number of hydrogen-bond donors (Lipinski definition) is 0. The van der Waals surface area contributed by atoms with Gasteiger partial charge in [-0.3, -0.25) is 4.79 Å². The highest BCUT2D eigenvalue weighted by molar-refractivity contribution is 6.11. The molecule has 2 heterocycles. The van der Waals surface area contributed by atoms with Crippen LogP contribution >= 0.6 is 0 Å². The summed E-state index contributed by atoms with van der Waals surface area (Å²) in [4.78, 5) is 16.7. The minimum absolute atomic E-state index is 0.0341. The van der Waals surface area contributed by atoms with Crippen LogP contribution in [0.3, 0.4) is 0 Å². The van der Waals surface area contributed by atoms with E-state index < -0.39 is 0 Å². The van der Waals surface area contributed by atoms with Gasteiger partial charge in [-0.1, -0.05) is 6.07 Å². The molecule has 1 aromatic carbocycles. The number of hydrogen-bond acceptors (Lipinski definition) is 5. The lowest BCUT2D eigenvalue weighted by Crippen LogP contribution is -2.17. The minimum atomic E-state index is -0.0341. The van der Waals surface area contributed by atoms with Crippen LogP contribution in [0.1, 0.15) is 5.56 Å². The minimum Gasteiger partial charge on any atom is -0.454 e. The van der Waals surface area contributed by atoms with E-state index in [1.54, 1.807) is 23.9 Å². The van der Waals surface area contributed by atoms with Crippen molar-refractivity contribution < 1.29 is 14.3 Å². The molecule has 1 aliphatic heterocycles. The summed E-state index contributed by atoms with van der Waals surface area (Å²) < 4.78 is 12.3. The number of carbonyl (C=O) groups is 1. The second-order valence-electron chi connectivity index (χ2n) is 5.38. The molecule has 0 N–H and O–H groups in total. The van der Waals surface area contributed by atoms with Gasteiger partial charge >= 0.3 is 0 Å². The summed E-state index contributed by atoms with van der Waals surface area (Å²) in [5.74, 6) is 2.02. The fourth-order valence-corrected chi connectivity index (χ4v) is 2.59. The smallest absolute Gasteiger partial charge is 0.231 e. The highest BCUT2D eigenvalue weighted by Gasteiger charge is 2.27. The molecule has 0 bridgehead atoms. The lowest BCUT2D eigenvalue weighted by atomic mass is 9.94. The van der Waals surface area contributed by atoms with Crippen LogP contribution in [0.5, 0.6) is 11.5 Å². The fourth-order valence-electron chi connectivity index (χ4n) is 2.59. The van der Waals surface area contributed by atoms with Crippen LogP contribution in [0.4, 0.5) is 0 Å². The van der Waals surface area contributed by atoms with E-state index in [1.807, 2.05) is 37.1 Å². The lowest BCUT2D eigenvalue weighted by molar-refractivity contribution is -0.113. The van der Waals surface area contributed by atoms with Gasteiger partial charge in [0.1, 0.15) is 12.7 Å². The van der Waals surface area contributed by atoms with Crippen LogP contribution in [0.2, 0.25) is 0 Å². The van der Waals surface area contributed by atoms with Gasteiger partial charge in [-0.25, -0.2) is 9.67 Å². The summed E-state index contributed by atoms with van der Waals surface area (Å²) in [5, 5.41) is 4.09. The van der Waals surface area contributed by atoms with Crippen molar-refractivity contribution in [3.05, 3.63) is 73.6 Å². The molecule has 5 radical (unpaired) electrons. The van der Waals surface area contributed by atoms with Crippen LogP contribution in [0, 0.1) is 31.6 Å². The maximum atomic E-state index is 12.8. The molecule has 119 valence electrons. The molecule has 1 saturated carbocycles. The molecule has 1 fully saturated rings. The van der Waals surface area contributed by atoms with Crippen LogP contribution in [-0.4, -0.2) is 27.3 Å². The number of benzene rings is 1. The predicted molar refractivity (Wildman–Crippen MR) is 86.0 cm³/mol. The molecule has 6 heteroatoms. The number of carbonyl (C=O) groups excluding carboxylic acids is 1. The largest absolute Gasteiger partial charge is 0.454 e. The molecule has 0 spiro atoms. The molecule has 2 aliphatic rings. The molecular formula is C18H14N3O3. The summed E-state index contributed by atoms with van der Waals surface area (Å²) >= 11 is 0. The Morgan fingerprint density at radius 2 is 2.04 bits per heavy atom. The Labute approximate surface area is 140 Å². The van der Waals surface area contributed by atoms with Gasteiger partial charge in [0.25, 0.3) is 0 Å². The van der Waals surface area contributed by atoms with Crippen molar-refractivity contribution in [2.45, 2.75) is 6.54 Å². The molecule has 2 aromatic rings. The summed E-state index contributed by atoms with van der Waals surface area (Å²) in [6.07, 6.45) is 12.2. The van der Waals surface area contributed by atoms with Gasteiger partial charge in [-0.05, 0) is 49.5 Å². The third-order valence-corrected chi connectivity index (χ3v) is 3.75. The van der Waals surface area contributed by atoms with E-state index in [0.29, 0.717) is 29.5 Å². The highest BCUT2D eigenvalue weighted by Crippen LogP contribution is 2.34. The Kier molecular flexibility index (Phi) is 4.02. The molecule has 1 aliphatic carbocycles. The first kappa shape index (κ1) is 14.9. The zero-order chi connectivity index (χ0) is 16.4. The van der Waals surface area contributed by atoms with E-state index in [1.165, 1.54) is 6.33 Å². The topological polar surface area (TPSA) is 66.2 Å². The Bertz CT molecular complexity index is 762. The van der Waals surface area contributed by atoms with Gasteiger partial charge in [0.2, 0.25) is 6.79 Å². The van der Waals surface area contributed by atoms with Crippen LogP contribution in [0.15, 0.2) is 36.4 Å². The van der Waals surface area contributed by atoms with Gasteiger partial charge in [0.05, 0.1) is 12.5 Å². The zero-order valence-corrected chi connectivity index (χ0v) is 12.8. The molecule has 6 nitrogen and oxygen atoms in total. The zero-order valence-electron chi connectivity index (χ0n) is 12.8. The Morgan fingerprint density at radius 1 is 1.21 bits per heavy atom. The Balaban J connectivity index is 1.64. The Morgan fingerprint density at radius 3 is 2.83 bits per heavy atom. The highest BCUT2D eigenvalue weighted by atomic mass is 16.7. The number of rotatable bonds is 5. The maximum Gasteiger partial charge on any atom is 0.231 e. The molecule has 0 atom stereocenters. The van der Waals surface area contributed by atoms with E-state index in [9.17, 15) is 4.79 Å². The van der Waals surface area contributed by atoms with E-state index in [0.717, 1.165) is 5.56 Å². The van der Waals surface area contributed by atoms with E-state index in [-0.39, 0.29) is 12.6 Å².